The topological polar surface area (TPSA) is 91.9 Å². The first kappa shape index (κ1) is 15.8. The van der Waals surface area contributed by atoms with Gasteiger partial charge < -0.3 is 26.3 Å². The molecule has 1 atom stereocenters. The number of carbonyl (C=O) groups excluding carboxylic acids is 1. The predicted octanol–water partition coefficient (Wildman–Crippen LogP) is 2.09. The largest absolute Gasteiger partial charge is 0.545 e. The van der Waals surface area contributed by atoms with Crippen molar-refractivity contribution in [3.8, 4) is 0 Å². The molecule has 3 fully saturated rings. The fourth-order valence-corrected chi connectivity index (χ4v) is 3.96. The zero-order valence-electron chi connectivity index (χ0n) is 13.4. The molecule has 0 aromatic heterocycles. The molecule has 3 aliphatic heterocycles. The Bertz CT molecular complexity index is 718. The Balaban J connectivity index is 0.00000156. The molecule has 122 valence electrons. The quantitative estimate of drug-likeness (QED) is 0.907. The summed E-state index contributed by atoms with van der Waals surface area (Å²) in [7, 11) is 0. The fourth-order valence-electron chi connectivity index (χ4n) is 3.96. The van der Waals surface area contributed by atoms with Crippen molar-refractivity contribution in [2.45, 2.75) is 18.9 Å². The first-order chi connectivity index (χ1) is 10.7. The minimum absolute atomic E-state index is 0. The molecule has 0 aliphatic carbocycles. The van der Waals surface area contributed by atoms with E-state index in [1.54, 1.807) is 12.1 Å². The molecule has 5 rings (SSSR count). The number of nitrogens with zero attached hydrogens (tertiary/aromatic N) is 1. The smallest absolute Gasteiger partial charge is 0.0722 e. The number of aromatic carboxylic acids is 1. The molecule has 5 nitrogen and oxygen atoms in total. The Kier molecular flexibility index (Phi) is 4.24. The first-order valence-electron chi connectivity index (χ1n) is 7.94. The number of fused-ring (bicyclic) bond motifs is 4. The van der Waals surface area contributed by atoms with Gasteiger partial charge in [0.15, 0.2) is 0 Å². The Morgan fingerprint density at radius 2 is 1.83 bits per heavy atom. The van der Waals surface area contributed by atoms with Gasteiger partial charge in [-0.2, -0.15) is 0 Å². The molecule has 5 N–H and O–H groups in total. The Labute approximate surface area is 135 Å². The molecule has 23 heavy (non-hydrogen) atoms. The van der Waals surface area contributed by atoms with Crippen LogP contribution >= 0.6 is 0 Å². The maximum Gasteiger partial charge on any atom is 0.0722 e. The van der Waals surface area contributed by atoms with Crippen molar-refractivity contribution in [1.82, 2.24) is 11.1 Å². The Morgan fingerprint density at radius 1 is 1.13 bits per heavy atom. The van der Waals surface area contributed by atoms with Crippen LogP contribution in [-0.2, 0) is 0 Å². The summed E-state index contributed by atoms with van der Waals surface area (Å²) < 4.78 is 0. The lowest BCUT2D eigenvalue weighted by molar-refractivity contribution is -0.254. The zero-order chi connectivity index (χ0) is 15.1. The molecule has 0 radical (unpaired) electrons. The van der Waals surface area contributed by atoms with Gasteiger partial charge in [-0.3, -0.25) is 0 Å². The van der Waals surface area contributed by atoms with Crippen molar-refractivity contribution in [2.75, 3.05) is 25.0 Å². The number of anilines is 1. The average Bonchev–Trinajstić information content (AvgIpc) is 2.55. The standard InChI is InChI=1S/C18H20N2O2.H3N/c21-18(22)14-5-1-3-13-4-2-6-15(17(13)14)19-16-11-20-9-7-12(16)8-10-20;/h1-6,12,16,19H,7-11H2,(H,21,22);1H3/t16-;/m1./s1. The van der Waals surface area contributed by atoms with Crippen LogP contribution in [-0.4, -0.2) is 36.5 Å². The predicted molar refractivity (Wildman–Crippen MR) is 90.8 cm³/mol. The van der Waals surface area contributed by atoms with Crippen LogP contribution in [0.4, 0.5) is 5.69 Å². The minimum Gasteiger partial charge on any atom is -0.545 e. The van der Waals surface area contributed by atoms with E-state index in [1.165, 1.54) is 25.9 Å². The van der Waals surface area contributed by atoms with E-state index in [1.807, 2.05) is 24.3 Å². The maximum atomic E-state index is 11.4. The van der Waals surface area contributed by atoms with E-state index in [0.29, 0.717) is 12.0 Å². The maximum absolute atomic E-state index is 11.4. The van der Waals surface area contributed by atoms with Gasteiger partial charge in [0.05, 0.1) is 5.97 Å². The highest BCUT2D eigenvalue weighted by Gasteiger charge is 2.34. The van der Waals surface area contributed by atoms with Crippen molar-refractivity contribution in [3.63, 3.8) is 0 Å². The second-order valence-electron chi connectivity index (χ2n) is 6.39. The normalized spacial score (nSPS) is 25.8. The molecule has 0 saturated carbocycles. The monoisotopic (exact) mass is 313 g/mol. The van der Waals surface area contributed by atoms with Crippen LogP contribution in [0.15, 0.2) is 36.4 Å². The molecule has 5 heteroatoms. The molecule has 0 amide bonds. The number of hydrogen-bond acceptors (Lipinski definition) is 4. The summed E-state index contributed by atoms with van der Waals surface area (Å²) >= 11 is 0. The van der Waals surface area contributed by atoms with Crippen molar-refractivity contribution in [2.24, 2.45) is 5.92 Å². The molecule has 3 saturated heterocycles. The van der Waals surface area contributed by atoms with Gasteiger partial charge in [0.1, 0.15) is 0 Å². The van der Waals surface area contributed by atoms with Gasteiger partial charge in [0.25, 0.3) is 0 Å². The lowest BCUT2D eigenvalue weighted by Crippen LogP contribution is -2.53. The van der Waals surface area contributed by atoms with Crippen molar-refractivity contribution in [1.29, 1.82) is 0 Å². The first-order valence-corrected chi connectivity index (χ1v) is 7.94. The summed E-state index contributed by atoms with van der Waals surface area (Å²) in [4.78, 5) is 13.9. The van der Waals surface area contributed by atoms with Gasteiger partial charge in [-0.05, 0) is 43.3 Å². The molecule has 2 aromatic rings. The van der Waals surface area contributed by atoms with Gasteiger partial charge in [0.2, 0.25) is 0 Å². The number of hydrogen-bond donors (Lipinski definition) is 2. The number of carboxylic acid groups (broad SMARTS) is 1. The highest BCUT2D eigenvalue weighted by atomic mass is 16.4. The van der Waals surface area contributed by atoms with E-state index < -0.39 is 5.97 Å². The van der Waals surface area contributed by atoms with Crippen LogP contribution in [0.3, 0.4) is 0 Å². The zero-order valence-corrected chi connectivity index (χ0v) is 13.4. The molecule has 0 unspecified atom stereocenters. The molecule has 3 aliphatic rings. The van der Waals surface area contributed by atoms with Crippen molar-refractivity contribution < 1.29 is 9.90 Å². The van der Waals surface area contributed by atoms with Crippen LogP contribution in [0.25, 0.3) is 10.8 Å². The van der Waals surface area contributed by atoms with Gasteiger partial charge in [0, 0.05) is 29.2 Å². The van der Waals surface area contributed by atoms with E-state index in [2.05, 4.69) is 10.2 Å². The minimum atomic E-state index is -1.12. The number of nitrogens with one attached hydrogen (secondary N) is 1. The summed E-state index contributed by atoms with van der Waals surface area (Å²) in [5, 5.41) is 16.8. The summed E-state index contributed by atoms with van der Waals surface area (Å²) in [6, 6.07) is 11.7. The van der Waals surface area contributed by atoms with E-state index in [-0.39, 0.29) is 11.7 Å². The van der Waals surface area contributed by atoms with Crippen LogP contribution < -0.4 is 16.6 Å². The third kappa shape index (κ3) is 2.78. The van der Waals surface area contributed by atoms with Crippen LogP contribution in [0.2, 0.25) is 0 Å². The Morgan fingerprint density at radius 3 is 2.43 bits per heavy atom. The SMILES string of the molecule is O=C([O-])c1cccc2cccc(N[C@@H]3CN4CCC3CC4)c12.[NH4+]. The Hall–Kier alpha value is -2.11. The van der Waals surface area contributed by atoms with E-state index in [0.717, 1.165) is 23.0 Å². The number of carbonyl (C=O) groups is 1. The van der Waals surface area contributed by atoms with Gasteiger partial charge in [-0.1, -0.05) is 30.3 Å². The summed E-state index contributed by atoms with van der Waals surface area (Å²) in [6.45, 7) is 3.44. The number of piperidine rings is 3. The van der Waals surface area contributed by atoms with E-state index >= 15 is 0 Å². The lowest BCUT2D eigenvalue weighted by Gasteiger charge is -2.45. The van der Waals surface area contributed by atoms with Crippen molar-refractivity contribution in [3.05, 3.63) is 42.0 Å². The summed E-state index contributed by atoms with van der Waals surface area (Å²) in [5.41, 5.74) is 1.18. The summed E-state index contributed by atoms with van der Waals surface area (Å²) in [6.07, 6.45) is 2.46. The number of benzene rings is 2. The molecule has 3 heterocycles. The van der Waals surface area contributed by atoms with Crippen LogP contribution in [0, 0.1) is 5.92 Å². The van der Waals surface area contributed by atoms with E-state index in [9.17, 15) is 9.90 Å². The molecule has 2 aromatic carbocycles. The third-order valence-electron chi connectivity index (χ3n) is 5.12. The van der Waals surface area contributed by atoms with Gasteiger partial charge >= 0.3 is 0 Å². The second kappa shape index (κ2) is 6.18. The van der Waals surface area contributed by atoms with E-state index in [4.69, 9.17) is 0 Å². The number of rotatable bonds is 3. The summed E-state index contributed by atoms with van der Waals surface area (Å²) in [5.74, 6) is -0.427. The molecular formula is C18H23N3O2. The van der Waals surface area contributed by atoms with Gasteiger partial charge in [-0.25, -0.2) is 0 Å². The molecule has 2 bridgehead atoms. The number of carboxylic acids is 1. The highest BCUT2D eigenvalue weighted by Crippen LogP contribution is 2.33. The van der Waals surface area contributed by atoms with Gasteiger partial charge in [-0.15, -0.1) is 0 Å². The van der Waals surface area contributed by atoms with Crippen LogP contribution in [0.5, 0.6) is 0 Å². The van der Waals surface area contributed by atoms with Crippen molar-refractivity contribution >= 4 is 22.4 Å². The fraction of sp³-hybridized carbons (Fsp3) is 0.389. The molecular weight excluding hydrogens is 290 g/mol. The van der Waals surface area contributed by atoms with Crippen LogP contribution in [0.1, 0.15) is 23.2 Å². The molecule has 0 spiro atoms. The lowest BCUT2D eigenvalue weighted by atomic mass is 9.84. The third-order valence-corrected chi connectivity index (χ3v) is 5.12. The average molecular weight is 313 g/mol. The second-order valence-corrected chi connectivity index (χ2v) is 6.39. The highest BCUT2D eigenvalue weighted by molar-refractivity contribution is 6.08. The number of quaternary nitrogens is 1.